The van der Waals surface area contributed by atoms with Crippen molar-refractivity contribution in [2.45, 2.75) is 30.7 Å². The second kappa shape index (κ2) is 13.2. The van der Waals surface area contributed by atoms with Crippen LogP contribution >= 0.6 is 0 Å². The molecule has 44 heavy (non-hydrogen) atoms. The number of benzene rings is 3. The number of phenolic OH excluding ortho intramolecular Hbond substituents is 1. The molecule has 1 aliphatic heterocycles. The van der Waals surface area contributed by atoms with Gasteiger partial charge in [-0.2, -0.15) is 0 Å². The van der Waals surface area contributed by atoms with Crippen LogP contribution in [0.15, 0.2) is 82.0 Å². The Bertz CT molecular complexity index is 1710. The van der Waals surface area contributed by atoms with Crippen LogP contribution in [0.2, 0.25) is 0 Å². The number of aromatic hydroxyl groups is 1. The standard InChI is InChI=1S/C32H30O12/c1-39-23-15-20(35)26-19(34)14-22(41-30(26)29(23)40-2)18-10-6-7-11-21(18)42-32-31(28(38)27(37)24(16-33)43-32)44-25(36)13-12-17-8-4-3-5-9-17/h3-15,24,27-28,31-33,35,37-38H,16H2,1-2H3/b13-12+/t24-,27+,28-,31+,32-/m0/s1. The van der Waals surface area contributed by atoms with Gasteiger partial charge in [0.1, 0.15) is 41.0 Å². The molecule has 1 aromatic heterocycles. The second-order valence-corrected chi connectivity index (χ2v) is 9.78. The van der Waals surface area contributed by atoms with E-state index in [0.717, 1.165) is 17.7 Å². The van der Waals surface area contributed by atoms with Gasteiger partial charge in [-0.05, 0) is 23.8 Å². The van der Waals surface area contributed by atoms with Crippen LogP contribution in [-0.4, -0.2) is 77.9 Å². The summed E-state index contributed by atoms with van der Waals surface area (Å²) in [4.78, 5) is 25.8. The van der Waals surface area contributed by atoms with Crippen molar-refractivity contribution in [3.8, 4) is 34.3 Å². The number of phenols is 1. The minimum absolute atomic E-state index is 0.0125. The Morgan fingerprint density at radius 2 is 1.68 bits per heavy atom. The van der Waals surface area contributed by atoms with Crippen LogP contribution in [0.25, 0.3) is 28.4 Å². The minimum Gasteiger partial charge on any atom is -0.507 e. The molecule has 1 saturated heterocycles. The van der Waals surface area contributed by atoms with E-state index in [1.54, 1.807) is 42.5 Å². The van der Waals surface area contributed by atoms with Gasteiger partial charge in [-0.15, -0.1) is 0 Å². The maximum Gasteiger partial charge on any atom is 0.331 e. The first-order valence-corrected chi connectivity index (χ1v) is 13.5. The molecule has 4 N–H and O–H groups in total. The van der Waals surface area contributed by atoms with Crippen molar-refractivity contribution in [1.29, 1.82) is 0 Å². The Morgan fingerprint density at radius 1 is 0.955 bits per heavy atom. The van der Waals surface area contributed by atoms with E-state index in [1.807, 2.05) is 6.07 Å². The van der Waals surface area contributed by atoms with Crippen molar-refractivity contribution < 1.29 is 53.3 Å². The van der Waals surface area contributed by atoms with E-state index >= 15 is 0 Å². The van der Waals surface area contributed by atoms with Gasteiger partial charge in [-0.3, -0.25) is 4.79 Å². The summed E-state index contributed by atoms with van der Waals surface area (Å²) in [5, 5.41) is 41.5. The molecule has 0 radical (unpaired) electrons. The number of methoxy groups -OCH3 is 2. The molecule has 12 heteroatoms. The quantitative estimate of drug-likeness (QED) is 0.162. The Balaban J connectivity index is 1.51. The van der Waals surface area contributed by atoms with Crippen molar-refractivity contribution in [2.75, 3.05) is 20.8 Å². The molecular weight excluding hydrogens is 576 g/mol. The van der Waals surface area contributed by atoms with Crippen molar-refractivity contribution in [1.82, 2.24) is 0 Å². The number of hydrogen-bond acceptors (Lipinski definition) is 12. The summed E-state index contributed by atoms with van der Waals surface area (Å²) in [6.07, 6.45) is -4.93. The highest BCUT2D eigenvalue weighted by Crippen LogP contribution is 2.42. The number of aliphatic hydroxyl groups is 3. The zero-order valence-corrected chi connectivity index (χ0v) is 23.7. The van der Waals surface area contributed by atoms with Gasteiger partial charge in [0, 0.05) is 18.2 Å². The van der Waals surface area contributed by atoms with Crippen molar-refractivity contribution in [2.24, 2.45) is 0 Å². The second-order valence-electron chi connectivity index (χ2n) is 9.78. The number of hydrogen-bond donors (Lipinski definition) is 4. The summed E-state index contributed by atoms with van der Waals surface area (Å²) in [7, 11) is 2.72. The van der Waals surface area contributed by atoms with Crippen molar-refractivity contribution >= 4 is 23.0 Å². The average molecular weight is 607 g/mol. The fourth-order valence-electron chi connectivity index (χ4n) is 4.82. The van der Waals surface area contributed by atoms with Gasteiger partial charge in [0.15, 0.2) is 22.9 Å². The fraction of sp³-hybridized carbons (Fsp3) is 0.250. The van der Waals surface area contributed by atoms with Gasteiger partial charge in [0.05, 0.1) is 26.4 Å². The average Bonchev–Trinajstić information content (AvgIpc) is 3.03. The van der Waals surface area contributed by atoms with Crippen LogP contribution < -0.4 is 19.6 Å². The first-order valence-electron chi connectivity index (χ1n) is 13.5. The molecule has 0 aliphatic carbocycles. The highest BCUT2D eigenvalue weighted by molar-refractivity contribution is 5.92. The van der Waals surface area contributed by atoms with Crippen molar-refractivity contribution in [3.63, 3.8) is 0 Å². The van der Waals surface area contributed by atoms with Gasteiger partial charge < -0.3 is 48.5 Å². The first kappa shape index (κ1) is 30.6. The molecule has 2 heterocycles. The summed E-state index contributed by atoms with van der Waals surface area (Å²) in [5.41, 5.74) is 0.312. The number of esters is 1. The Morgan fingerprint density at radius 3 is 2.39 bits per heavy atom. The number of para-hydroxylation sites is 1. The SMILES string of the molecule is COc1cc(O)c2c(=O)cc(-c3ccccc3O[C@H]3O[C@@H](CO)[C@@H](O)[C@H](O)[C@H]3OC(=O)/C=C/c3ccccc3)oc2c1OC. The number of carbonyl (C=O) groups excluding carboxylic acids is 1. The molecule has 0 spiro atoms. The predicted octanol–water partition coefficient (Wildman–Crippen LogP) is 2.63. The summed E-state index contributed by atoms with van der Waals surface area (Å²) in [6, 6.07) is 17.7. The topological polar surface area (TPSA) is 174 Å². The molecule has 0 amide bonds. The van der Waals surface area contributed by atoms with Gasteiger partial charge in [0.2, 0.25) is 12.0 Å². The fourth-order valence-corrected chi connectivity index (χ4v) is 4.82. The van der Waals surface area contributed by atoms with Crippen LogP contribution in [0.3, 0.4) is 0 Å². The minimum atomic E-state index is -1.69. The van der Waals surface area contributed by atoms with E-state index < -0.39 is 48.7 Å². The van der Waals surface area contributed by atoms with Gasteiger partial charge in [0.25, 0.3) is 0 Å². The molecule has 5 rings (SSSR count). The lowest BCUT2D eigenvalue weighted by Crippen LogP contribution is -2.61. The van der Waals surface area contributed by atoms with Crippen LogP contribution in [0.4, 0.5) is 0 Å². The van der Waals surface area contributed by atoms with Crippen LogP contribution in [0.1, 0.15) is 5.56 Å². The lowest BCUT2D eigenvalue weighted by atomic mass is 9.99. The summed E-state index contributed by atoms with van der Waals surface area (Å²) >= 11 is 0. The smallest absolute Gasteiger partial charge is 0.331 e. The number of fused-ring (bicyclic) bond motifs is 1. The molecule has 0 unspecified atom stereocenters. The van der Waals surface area contributed by atoms with E-state index in [4.69, 9.17) is 28.1 Å². The van der Waals surface area contributed by atoms with Crippen LogP contribution in [-0.2, 0) is 14.3 Å². The molecular formula is C32H30O12. The van der Waals surface area contributed by atoms with Gasteiger partial charge >= 0.3 is 5.97 Å². The summed E-state index contributed by atoms with van der Waals surface area (Å²) in [5.74, 6) is -0.921. The molecule has 12 nitrogen and oxygen atoms in total. The molecule has 3 aromatic carbocycles. The lowest BCUT2D eigenvalue weighted by Gasteiger charge is -2.41. The first-order chi connectivity index (χ1) is 21.2. The van der Waals surface area contributed by atoms with Crippen LogP contribution in [0, 0.1) is 0 Å². The number of carbonyl (C=O) groups is 1. The molecule has 0 bridgehead atoms. The Hall–Kier alpha value is -4.88. The highest BCUT2D eigenvalue weighted by atomic mass is 16.7. The third-order valence-electron chi connectivity index (χ3n) is 7.01. The Labute approximate surface area is 250 Å². The largest absolute Gasteiger partial charge is 0.507 e. The molecule has 230 valence electrons. The van der Waals surface area contributed by atoms with E-state index in [2.05, 4.69) is 0 Å². The zero-order chi connectivity index (χ0) is 31.4. The predicted molar refractivity (Wildman–Crippen MR) is 156 cm³/mol. The lowest BCUT2D eigenvalue weighted by molar-refractivity contribution is -0.281. The van der Waals surface area contributed by atoms with E-state index in [-0.39, 0.29) is 45.3 Å². The third-order valence-corrected chi connectivity index (χ3v) is 7.01. The molecule has 5 atom stereocenters. The molecule has 1 fully saturated rings. The van der Waals surface area contributed by atoms with E-state index in [9.17, 15) is 30.0 Å². The number of aliphatic hydroxyl groups excluding tert-OH is 3. The molecule has 1 aliphatic rings. The van der Waals surface area contributed by atoms with Crippen LogP contribution in [0.5, 0.6) is 23.0 Å². The normalized spacial score (nSPS) is 21.7. The maximum atomic E-state index is 13.1. The maximum absolute atomic E-state index is 13.1. The zero-order valence-electron chi connectivity index (χ0n) is 23.7. The van der Waals surface area contributed by atoms with Gasteiger partial charge in [-0.1, -0.05) is 42.5 Å². The van der Waals surface area contributed by atoms with Crippen molar-refractivity contribution in [3.05, 3.63) is 88.6 Å². The summed E-state index contributed by atoms with van der Waals surface area (Å²) in [6.45, 7) is -0.668. The monoisotopic (exact) mass is 606 g/mol. The number of rotatable bonds is 9. The van der Waals surface area contributed by atoms with Gasteiger partial charge in [-0.25, -0.2) is 4.79 Å². The third kappa shape index (κ3) is 6.10. The molecule has 4 aromatic rings. The highest BCUT2D eigenvalue weighted by Gasteiger charge is 2.48. The van der Waals surface area contributed by atoms with E-state index in [0.29, 0.717) is 0 Å². The summed E-state index contributed by atoms with van der Waals surface area (Å²) < 4.78 is 34.0. The number of ether oxygens (including phenoxy) is 5. The molecule has 0 saturated carbocycles. The van der Waals surface area contributed by atoms with E-state index in [1.165, 1.54) is 32.4 Å². The Kier molecular flexibility index (Phi) is 9.16.